The van der Waals surface area contributed by atoms with Gasteiger partial charge in [-0.3, -0.25) is 4.90 Å². The number of benzene rings is 1. The summed E-state index contributed by atoms with van der Waals surface area (Å²) >= 11 is 0. The van der Waals surface area contributed by atoms with Gasteiger partial charge in [-0.1, -0.05) is 31.0 Å². The second-order valence-electron chi connectivity index (χ2n) is 6.13. The minimum atomic E-state index is 0.665. The largest absolute Gasteiger partial charge is 0.330 e. The molecule has 1 saturated carbocycles. The van der Waals surface area contributed by atoms with E-state index in [1.165, 1.54) is 42.4 Å². The molecule has 0 amide bonds. The van der Waals surface area contributed by atoms with E-state index >= 15 is 0 Å². The highest BCUT2D eigenvalue weighted by Gasteiger charge is 2.27. The lowest BCUT2D eigenvalue weighted by atomic mass is 9.83. The molecule has 2 rings (SSSR count). The summed E-state index contributed by atoms with van der Waals surface area (Å²) < 4.78 is 0. The Labute approximate surface area is 118 Å². The third-order valence-electron chi connectivity index (χ3n) is 4.79. The molecule has 19 heavy (non-hydrogen) atoms. The Bertz CT molecular complexity index is 393. The maximum atomic E-state index is 5.96. The summed E-state index contributed by atoms with van der Waals surface area (Å²) in [5.41, 5.74) is 10.3. The lowest BCUT2D eigenvalue weighted by molar-refractivity contribution is 0.127. The van der Waals surface area contributed by atoms with Gasteiger partial charge >= 0.3 is 0 Å². The lowest BCUT2D eigenvalue weighted by Gasteiger charge is -2.38. The molecule has 2 unspecified atom stereocenters. The van der Waals surface area contributed by atoms with E-state index < -0.39 is 0 Å². The van der Waals surface area contributed by atoms with Gasteiger partial charge in [0.1, 0.15) is 0 Å². The fraction of sp³-hybridized carbons (Fsp3) is 0.647. The third kappa shape index (κ3) is 3.37. The van der Waals surface area contributed by atoms with Crippen LogP contribution < -0.4 is 5.73 Å². The first kappa shape index (κ1) is 14.5. The summed E-state index contributed by atoms with van der Waals surface area (Å²) in [5, 5.41) is 0. The first-order valence-electron chi connectivity index (χ1n) is 7.59. The average molecular weight is 260 g/mol. The fourth-order valence-electron chi connectivity index (χ4n) is 3.51. The van der Waals surface area contributed by atoms with Crippen LogP contribution >= 0.6 is 0 Å². The summed E-state index contributed by atoms with van der Waals surface area (Å²) in [7, 11) is 2.27. The van der Waals surface area contributed by atoms with Gasteiger partial charge < -0.3 is 5.73 Å². The second-order valence-corrected chi connectivity index (χ2v) is 6.13. The van der Waals surface area contributed by atoms with Crippen molar-refractivity contribution in [3.63, 3.8) is 0 Å². The van der Waals surface area contributed by atoms with Crippen molar-refractivity contribution in [1.29, 1.82) is 0 Å². The summed E-state index contributed by atoms with van der Waals surface area (Å²) in [4.78, 5) is 2.53. The third-order valence-corrected chi connectivity index (χ3v) is 4.79. The van der Waals surface area contributed by atoms with E-state index in [0.29, 0.717) is 12.0 Å². The molecule has 0 aromatic heterocycles. The van der Waals surface area contributed by atoms with Crippen LogP contribution in [0.4, 0.5) is 0 Å². The zero-order valence-electron chi connectivity index (χ0n) is 12.7. The number of nitrogens with two attached hydrogens (primary N) is 1. The Morgan fingerprint density at radius 1 is 1.16 bits per heavy atom. The molecule has 1 fully saturated rings. The van der Waals surface area contributed by atoms with Crippen LogP contribution in [0.15, 0.2) is 18.2 Å². The van der Waals surface area contributed by atoms with Gasteiger partial charge in [0.25, 0.3) is 0 Å². The number of aryl methyl sites for hydroxylation is 2. The van der Waals surface area contributed by atoms with E-state index in [9.17, 15) is 0 Å². The van der Waals surface area contributed by atoms with E-state index in [4.69, 9.17) is 5.73 Å². The van der Waals surface area contributed by atoms with Gasteiger partial charge in [-0.2, -0.15) is 0 Å². The summed E-state index contributed by atoms with van der Waals surface area (Å²) in [6.07, 6.45) is 5.33. The molecule has 2 heteroatoms. The van der Waals surface area contributed by atoms with Crippen LogP contribution in [0, 0.1) is 19.8 Å². The van der Waals surface area contributed by atoms with Crippen molar-refractivity contribution in [3.8, 4) is 0 Å². The fourth-order valence-corrected chi connectivity index (χ4v) is 3.51. The molecule has 1 aromatic rings. The first-order chi connectivity index (χ1) is 9.13. The monoisotopic (exact) mass is 260 g/mol. The van der Waals surface area contributed by atoms with Crippen molar-refractivity contribution in [3.05, 3.63) is 34.9 Å². The minimum absolute atomic E-state index is 0.665. The SMILES string of the molecule is Cc1cccc(C)c1CN(C)C1CCCCC1CN. The van der Waals surface area contributed by atoms with Crippen molar-refractivity contribution >= 4 is 0 Å². The molecule has 2 atom stereocenters. The van der Waals surface area contributed by atoms with Gasteiger partial charge in [0, 0.05) is 12.6 Å². The van der Waals surface area contributed by atoms with E-state index in [2.05, 4.69) is 44.0 Å². The maximum absolute atomic E-state index is 5.96. The normalized spacial score (nSPS) is 23.8. The first-order valence-corrected chi connectivity index (χ1v) is 7.59. The quantitative estimate of drug-likeness (QED) is 0.900. The molecule has 0 spiro atoms. The molecule has 1 aromatic carbocycles. The zero-order chi connectivity index (χ0) is 13.8. The van der Waals surface area contributed by atoms with Crippen LogP contribution in [-0.2, 0) is 6.54 Å². The number of hydrogen-bond acceptors (Lipinski definition) is 2. The van der Waals surface area contributed by atoms with Crippen molar-refractivity contribution in [2.24, 2.45) is 11.7 Å². The molecule has 2 nitrogen and oxygen atoms in total. The molecule has 106 valence electrons. The van der Waals surface area contributed by atoms with Crippen molar-refractivity contribution in [2.45, 2.75) is 52.1 Å². The molecule has 0 saturated heterocycles. The highest BCUT2D eigenvalue weighted by atomic mass is 15.1. The highest BCUT2D eigenvalue weighted by molar-refractivity contribution is 5.33. The minimum Gasteiger partial charge on any atom is -0.330 e. The molecule has 2 N–H and O–H groups in total. The topological polar surface area (TPSA) is 29.3 Å². The van der Waals surface area contributed by atoms with Gasteiger partial charge in [-0.25, -0.2) is 0 Å². The van der Waals surface area contributed by atoms with Gasteiger partial charge in [-0.05, 0) is 62.9 Å². The Kier molecular flexibility index (Phi) is 5.00. The van der Waals surface area contributed by atoms with Crippen molar-refractivity contribution < 1.29 is 0 Å². The van der Waals surface area contributed by atoms with Gasteiger partial charge in [0.15, 0.2) is 0 Å². The molecular weight excluding hydrogens is 232 g/mol. The van der Waals surface area contributed by atoms with Crippen molar-refractivity contribution in [1.82, 2.24) is 4.90 Å². The molecule has 0 radical (unpaired) electrons. The number of nitrogens with zero attached hydrogens (tertiary/aromatic N) is 1. The highest BCUT2D eigenvalue weighted by Crippen LogP contribution is 2.28. The smallest absolute Gasteiger partial charge is 0.0239 e. The average Bonchev–Trinajstić information content (AvgIpc) is 2.42. The molecule has 1 aliphatic carbocycles. The maximum Gasteiger partial charge on any atom is 0.0239 e. The van der Waals surface area contributed by atoms with Crippen LogP contribution in [0.1, 0.15) is 42.4 Å². The molecule has 0 heterocycles. The molecular formula is C17H28N2. The molecule has 1 aliphatic rings. The second kappa shape index (κ2) is 6.53. The van der Waals surface area contributed by atoms with Crippen molar-refractivity contribution in [2.75, 3.05) is 13.6 Å². The predicted molar refractivity (Wildman–Crippen MR) is 82.2 cm³/mol. The van der Waals surface area contributed by atoms with E-state index in [1.807, 2.05) is 0 Å². The van der Waals surface area contributed by atoms with E-state index in [0.717, 1.165) is 13.1 Å². The Balaban J connectivity index is 2.09. The van der Waals surface area contributed by atoms with Crippen LogP contribution in [0.5, 0.6) is 0 Å². The van der Waals surface area contributed by atoms with Gasteiger partial charge in [-0.15, -0.1) is 0 Å². The Hall–Kier alpha value is -0.860. The van der Waals surface area contributed by atoms with Crippen LogP contribution in [0.3, 0.4) is 0 Å². The zero-order valence-corrected chi connectivity index (χ0v) is 12.7. The van der Waals surface area contributed by atoms with Gasteiger partial charge in [0.2, 0.25) is 0 Å². The van der Waals surface area contributed by atoms with E-state index in [-0.39, 0.29) is 0 Å². The summed E-state index contributed by atoms with van der Waals surface area (Å²) in [6, 6.07) is 7.25. The predicted octanol–water partition coefficient (Wildman–Crippen LogP) is 3.25. The summed E-state index contributed by atoms with van der Waals surface area (Å²) in [6.45, 7) is 6.33. The summed E-state index contributed by atoms with van der Waals surface area (Å²) in [5.74, 6) is 0.683. The van der Waals surface area contributed by atoms with Crippen LogP contribution in [0.2, 0.25) is 0 Å². The van der Waals surface area contributed by atoms with Gasteiger partial charge in [0.05, 0.1) is 0 Å². The standard InChI is InChI=1S/C17H28N2/c1-13-7-6-8-14(2)16(13)12-19(3)17-10-5-4-9-15(17)11-18/h6-8,15,17H,4-5,9-12,18H2,1-3H3. The van der Waals surface area contributed by atoms with E-state index in [1.54, 1.807) is 0 Å². The van der Waals surface area contributed by atoms with Crippen LogP contribution in [0.25, 0.3) is 0 Å². The Morgan fingerprint density at radius 3 is 2.42 bits per heavy atom. The lowest BCUT2D eigenvalue weighted by Crippen LogP contribution is -2.42. The molecule has 0 aliphatic heterocycles. The number of rotatable bonds is 4. The number of hydrogen-bond donors (Lipinski definition) is 1. The molecule has 0 bridgehead atoms. The Morgan fingerprint density at radius 2 is 1.79 bits per heavy atom. The van der Waals surface area contributed by atoms with Crippen LogP contribution in [-0.4, -0.2) is 24.5 Å².